The first-order valence-electron chi connectivity index (χ1n) is 7.15. The van der Waals surface area contributed by atoms with E-state index in [0.29, 0.717) is 0 Å². The van der Waals surface area contributed by atoms with Crippen LogP contribution in [0.15, 0.2) is 30.5 Å². The maximum absolute atomic E-state index is 5.71. The molecule has 0 aliphatic heterocycles. The molecule has 1 aromatic carbocycles. The van der Waals surface area contributed by atoms with E-state index in [9.17, 15) is 0 Å². The summed E-state index contributed by atoms with van der Waals surface area (Å²) in [5.41, 5.74) is 6.64. The van der Waals surface area contributed by atoms with E-state index in [-0.39, 0.29) is 6.04 Å². The maximum atomic E-state index is 5.71. The number of nitrogens with zero attached hydrogens (tertiary/aromatic N) is 3. The minimum absolute atomic E-state index is 0.0798. The Labute approximate surface area is 120 Å². The van der Waals surface area contributed by atoms with Gasteiger partial charge in [-0.1, -0.05) is 36.4 Å². The van der Waals surface area contributed by atoms with Crippen LogP contribution in [-0.2, 0) is 13.0 Å². The summed E-state index contributed by atoms with van der Waals surface area (Å²) in [6, 6.07) is 8.54. The molecule has 1 heterocycles. The van der Waals surface area contributed by atoms with Gasteiger partial charge in [-0.2, -0.15) is 0 Å². The predicted octanol–water partition coefficient (Wildman–Crippen LogP) is 2.13. The van der Waals surface area contributed by atoms with E-state index in [1.54, 1.807) is 6.20 Å². The number of aryl methyl sites for hydroxylation is 3. The van der Waals surface area contributed by atoms with Gasteiger partial charge in [0.05, 0.1) is 17.9 Å². The van der Waals surface area contributed by atoms with Crippen LogP contribution in [0.2, 0.25) is 0 Å². The molecule has 2 rings (SSSR count). The summed E-state index contributed by atoms with van der Waals surface area (Å²) in [6.45, 7) is 5.14. The number of aromatic nitrogens is 3. The summed E-state index contributed by atoms with van der Waals surface area (Å²) in [5.74, 6) is 5.71. The Bertz CT molecular complexity index is 535. The molecular formula is C15H23N5. The standard InChI is InChI=1S/C15H23N5/c1-3-10-20-15(11-17-19-20)14(18-16)9-8-13-7-5-4-6-12(13)2/h4-7,11,14,18H,3,8-10,16H2,1-2H3. The van der Waals surface area contributed by atoms with Gasteiger partial charge in [0.25, 0.3) is 0 Å². The Morgan fingerprint density at radius 2 is 2.15 bits per heavy atom. The molecule has 2 aromatic rings. The van der Waals surface area contributed by atoms with Crippen molar-refractivity contribution in [3.63, 3.8) is 0 Å². The molecule has 1 aromatic heterocycles. The molecule has 108 valence electrons. The van der Waals surface area contributed by atoms with Gasteiger partial charge in [-0.05, 0) is 37.3 Å². The summed E-state index contributed by atoms with van der Waals surface area (Å²) < 4.78 is 1.93. The van der Waals surface area contributed by atoms with Crippen LogP contribution in [-0.4, -0.2) is 15.0 Å². The summed E-state index contributed by atoms with van der Waals surface area (Å²) >= 11 is 0. The smallest absolute Gasteiger partial charge is 0.0770 e. The van der Waals surface area contributed by atoms with Crippen LogP contribution in [0, 0.1) is 6.92 Å². The zero-order valence-electron chi connectivity index (χ0n) is 12.2. The lowest BCUT2D eigenvalue weighted by Crippen LogP contribution is -2.30. The molecule has 1 atom stereocenters. The fourth-order valence-electron chi connectivity index (χ4n) is 2.43. The molecule has 5 nitrogen and oxygen atoms in total. The fraction of sp³-hybridized carbons (Fsp3) is 0.467. The third-order valence-corrected chi connectivity index (χ3v) is 3.60. The van der Waals surface area contributed by atoms with Crippen LogP contribution in [0.1, 0.15) is 42.6 Å². The van der Waals surface area contributed by atoms with Gasteiger partial charge in [0, 0.05) is 6.54 Å². The third-order valence-electron chi connectivity index (χ3n) is 3.60. The molecule has 0 bridgehead atoms. The number of nitrogens with two attached hydrogens (primary N) is 1. The van der Waals surface area contributed by atoms with Crippen LogP contribution < -0.4 is 11.3 Å². The highest BCUT2D eigenvalue weighted by Crippen LogP contribution is 2.19. The van der Waals surface area contributed by atoms with Crippen LogP contribution >= 0.6 is 0 Å². The van der Waals surface area contributed by atoms with Crippen LogP contribution in [0.25, 0.3) is 0 Å². The van der Waals surface area contributed by atoms with E-state index in [4.69, 9.17) is 5.84 Å². The molecule has 3 N–H and O–H groups in total. The van der Waals surface area contributed by atoms with E-state index in [2.05, 4.69) is 53.9 Å². The number of hydrogen-bond donors (Lipinski definition) is 2. The zero-order chi connectivity index (χ0) is 14.4. The van der Waals surface area contributed by atoms with Crippen molar-refractivity contribution < 1.29 is 0 Å². The fourth-order valence-corrected chi connectivity index (χ4v) is 2.43. The Morgan fingerprint density at radius 3 is 2.85 bits per heavy atom. The molecule has 0 amide bonds. The molecular weight excluding hydrogens is 250 g/mol. The van der Waals surface area contributed by atoms with Crippen LogP contribution in [0.5, 0.6) is 0 Å². The van der Waals surface area contributed by atoms with E-state index in [1.807, 2.05) is 4.68 Å². The van der Waals surface area contributed by atoms with Gasteiger partial charge in [0.1, 0.15) is 0 Å². The van der Waals surface area contributed by atoms with Crippen LogP contribution in [0.4, 0.5) is 0 Å². The lowest BCUT2D eigenvalue weighted by atomic mass is 10.00. The molecule has 5 heteroatoms. The highest BCUT2D eigenvalue weighted by molar-refractivity contribution is 5.25. The molecule has 0 saturated carbocycles. The Kier molecular flexibility index (Phi) is 5.26. The first-order chi connectivity index (χ1) is 9.76. The second kappa shape index (κ2) is 7.17. The Balaban J connectivity index is 2.06. The summed E-state index contributed by atoms with van der Waals surface area (Å²) in [7, 11) is 0. The second-order valence-electron chi connectivity index (χ2n) is 5.07. The topological polar surface area (TPSA) is 68.8 Å². The molecule has 0 radical (unpaired) electrons. The van der Waals surface area contributed by atoms with Gasteiger partial charge in [-0.25, -0.2) is 4.68 Å². The van der Waals surface area contributed by atoms with Crippen molar-refractivity contribution in [2.24, 2.45) is 5.84 Å². The van der Waals surface area contributed by atoms with Crippen LogP contribution in [0.3, 0.4) is 0 Å². The minimum Gasteiger partial charge on any atom is -0.271 e. The Hall–Kier alpha value is -1.72. The number of hydrazine groups is 1. The second-order valence-corrected chi connectivity index (χ2v) is 5.07. The summed E-state index contributed by atoms with van der Waals surface area (Å²) in [4.78, 5) is 0. The van der Waals surface area contributed by atoms with Gasteiger partial charge in [-0.15, -0.1) is 5.10 Å². The normalized spacial score (nSPS) is 12.6. The van der Waals surface area contributed by atoms with Gasteiger partial charge < -0.3 is 0 Å². The van der Waals surface area contributed by atoms with Crippen molar-refractivity contribution in [2.45, 2.75) is 45.7 Å². The number of benzene rings is 1. The maximum Gasteiger partial charge on any atom is 0.0770 e. The third kappa shape index (κ3) is 3.43. The van der Waals surface area contributed by atoms with Gasteiger partial charge in [0.15, 0.2) is 0 Å². The molecule has 0 fully saturated rings. The first-order valence-corrected chi connectivity index (χ1v) is 7.15. The van der Waals surface area contributed by atoms with Crippen molar-refractivity contribution in [3.05, 3.63) is 47.3 Å². The molecule has 0 aliphatic carbocycles. The lowest BCUT2D eigenvalue weighted by Gasteiger charge is -2.17. The van der Waals surface area contributed by atoms with Gasteiger partial charge in [-0.3, -0.25) is 11.3 Å². The molecule has 0 spiro atoms. The molecule has 0 aliphatic rings. The Morgan fingerprint density at radius 1 is 1.35 bits per heavy atom. The van der Waals surface area contributed by atoms with Crippen molar-refractivity contribution in [1.29, 1.82) is 0 Å². The SMILES string of the molecule is CCCn1nncc1C(CCc1ccccc1C)NN. The van der Waals surface area contributed by atoms with Crippen molar-refractivity contribution in [3.8, 4) is 0 Å². The summed E-state index contributed by atoms with van der Waals surface area (Å²) in [5, 5.41) is 8.12. The van der Waals surface area contributed by atoms with Crippen molar-refractivity contribution in [1.82, 2.24) is 20.4 Å². The van der Waals surface area contributed by atoms with Crippen molar-refractivity contribution in [2.75, 3.05) is 0 Å². The number of rotatable bonds is 7. The zero-order valence-corrected chi connectivity index (χ0v) is 12.2. The predicted molar refractivity (Wildman–Crippen MR) is 79.9 cm³/mol. The number of hydrogen-bond acceptors (Lipinski definition) is 4. The highest BCUT2D eigenvalue weighted by atomic mass is 15.4. The largest absolute Gasteiger partial charge is 0.271 e. The number of nitrogens with one attached hydrogen (secondary N) is 1. The lowest BCUT2D eigenvalue weighted by molar-refractivity contribution is 0.454. The first kappa shape index (κ1) is 14.7. The van der Waals surface area contributed by atoms with E-state index in [0.717, 1.165) is 31.5 Å². The average molecular weight is 273 g/mol. The van der Waals surface area contributed by atoms with Gasteiger partial charge in [0.2, 0.25) is 0 Å². The van der Waals surface area contributed by atoms with Gasteiger partial charge >= 0.3 is 0 Å². The molecule has 1 unspecified atom stereocenters. The molecule has 20 heavy (non-hydrogen) atoms. The van der Waals surface area contributed by atoms with Crippen molar-refractivity contribution >= 4 is 0 Å². The van der Waals surface area contributed by atoms with E-state index >= 15 is 0 Å². The quantitative estimate of drug-likeness (QED) is 0.599. The average Bonchev–Trinajstić information content (AvgIpc) is 2.90. The van der Waals surface area contributed by atoms with E-state index < -0.39 is 0 Å². The van der Waals surface area contributed by atoms with E-state index in [1.165, 1.54) is 11.1 Å². The monoisotopic (exact) mass is 273 g/mol. The highest BCUT2D eigenvalue weighted by Gasteiger charge is 2.15. The minimum atomic E-state index is 0.0798. The summed E-state index contributed by atoms with van der Waals surface area (Å²) in [6.07, 6.45) is 4.75. The molecule has 0 saturated heterocycles.